The third-order valence-corrected chi connectivity index (χ3v) is 1.39. The topological polar surface area (TPSA) is 39.9 Å². The SMILES string of the molecule is Cc1cc(C)n(C)c1.N.[Cl-].[Cl-].[Pt+2]. The Labute approximate surface area is 101 Å². The zero-order chi connectivity index (χ0) is 6.15. The Morgan fingerprint density at radius 3 is 1.67 bits per heavy atom. The predicted octanol–water partition coefficient (Wildman–Crippen LogP) is -4.19. The monoisotopic (exact) mass is 391 g/mol. The molecule has 1 aromatic heterocycles. The summed E-state index contributed by atoms with van der Waals surface area (Å²) in [6.45, 7) is 4.21. The maximum absolute atomic E-state index is 2.17. The van der Waals surface area contributed by atoms with E-state index in [9.17, 15) is 0 Å². The van der Waals surface area contributed by atoms with Gasteiger partial charge in [-0.3, -0.25) is 0 Å². The minimum atomic E-state index is 0. The summed E-state index contributed by atoms with van der Waals surface area (Å²) in [5, 5.41) is 0. The normalized spacial score (nSPS) is 6.58. The molecule has 0 saturated carbocycles. The molecule has 0 amide bonds. The first-order valence-corrected chi connectivity index (χ1v) is 2.80. The van der Waals surface area contributed by atoms with Gasteiger partial charge >= 0.3 is 21.1 Å². The summed E-state index contributed by atoms with van der Waals surface area (Å²) in [5.41, 5.74) is 2.66. The second kappa shape index (κ2) is 9.60. The van der Waals surface area contributed by atoms with Gasteiger partial charge in [0, 0.05) is 18.9 Å². The van der Waals surface area contributed by atoms with E-state index in [4.69, 9.17) is 0 Å². The van der Waals surface area contributed by atoms with E-state index in [0.717, 1.165) is 0 Å². The number of hydrogen-bond donors (Lipinski definition) is 1. The number of nitrogens with zero attached hydrogens (tertiary/aromatic N) is 1. The van der Waals surface area contributed by atoms with Gasteiger partial charge in [-0.05, 0) is 25.5 Å². The standard InChI is InChI=1S/C7H11N.2ClH.H3N.Pt/c1-6-4-7(2)8(3)5-6;;;;/h4-5H,1-3H3;2*1H;1H3;/q;;;;+2/p-2. The third-order valence-electron chi connectivity index (χ3n) is 1.39. The first kappa shape index (κ1) is 22.9. The van der Waals surface area contributed by atoms with Crippen LogP contribution in [0.25, 0.3) is 0 Å². The summed E-state index contributed by atoms with van der Waals surface area (Å²) in [7, 11) is 2.06. The van der Waals surface area contributed by atoms with Crippen molar-refractivity contribution in [1.82, 2.24) is 10.7 Å². The maximum atomic E-state index is 2.17. The quantitative estimate of drug-likeness (QED) is 0.478. The molecule has 1 heterocycles. The zero-order valence-electron chi connectivity index (χ0n) is 7.38. The number of halogens is 2. The van der Waals surface area contributed by atoms with E-state index in [1.54, 1.807) is 0 Å². The average molecular weight is 392 g/mol. The molecule has 0 aliphatic carbocycles. The summed E-state index contributed by atoms with van der Waals surface area (Å²) < 4.78 is 2.12. The van der Waals surface area contributed by atoms with Gasteiger partial charge in [0.05, 0.1) is 0 Å². The van der Waals surface area contributed by atoms with E-state index in [1.165, 1.54) is 11.3 Å². The van der Waals surface area contributed by atoms with Gasteiger partial charge in [0.15, 0.2) is 0 Å². The maximum Gasteiger partial charge on any atom is 2.00 e. The van der Waals surface area contributed by atoms with Crippen LogP contribution >= 0.6 is 0 Å². The van der Waals surface area contributed by atoms with Crippen LogP contribution in [0.3, 0.4) is 0 Å². The van der Waals surface area contributed by atoms with Gasteiger partial charge in [-0.25, -0.2) is 0 Å². The van der Waals surface area contributed by atoms with Crippen molar-refractivity contribution < 1.29 is 45.9 Å². The van der Waals surface area contributed by atoms with Gasteiger partial charge in [0.1, 0.15) is 0 Å². The molecule has 0 saturated heterocycles. The molecule has 0 bridgehead atoms. The average Bonchev–Trinajstić information content (AvgIpc) is 1.85. The van der Waals surface area contributed by atoms with Crippen LogP contribution in [0.2, 0.25) is 0 Å². The fraction of sp³-hybridized carbons (Fsp3) is 0.429. The van der Waals surface area contributed by atoms with Gasteiger partial charge in [0.2, 0.25) is 0 Å². The first-order valence-electron chi connectivity index (χ1n) is 2.80. The van der Waals surface area contributed by atoms with Crippen LogP contribution in [-0.2, 0) is 28.1 Å². The molecule has 76 valence electrons. The van der Waals surface area contributed by atoms with Crippen molar-refractivity contribution in [2.24, 2.45) is 7.05 Å². The van der Waals surface area contributed by atoms with Gasteiger partial charge in [-0.2, -0.15) is 0 Å². The van der Waals surface area contributed by atoms with Crippen LogP contribution < -0.4 is 31.0 Å². The largest absolute Gasteiger partial charge is 2.00 e. The Balaban J connectivity index is -0.0000000800. The molecule has 0 spiro atoms. The minimum absolute atomic E-state index is 0. The van der Waals surface area contributed by atoms with Crippen molar-refractivity contribution in [2.75, 3.05) is 0 Å². The molecule has 0 fully saturated rings. The first-order chi connectivity index (χ1) is 3.70. The van der Waals surface area contributed by atoms with Gasteiger partial charge in [-0.1, -0.05) is 0 Å². The fourth-order valence-electron chi connectivity index (χ4n) is 0.876. The smallest absolute Gasteiger partial charge is 1.00 e. The number of aryl methyl sites for hydroxylation is 3. The Hall–Kier alpha value is 0.508. The molecule has 0 atom stereocenters. The molecule has 5 heteroatoms. The Morgan fingerprint density at radius 1 is 1.17 bits per heavy atom. The molecule has 12 heavy (non-hydrogen) atoms. The predicted molar refractivity (Wildman–Crippen MR) is 39.9 cm³/mol. The fourth-order valence-corrected chi connectivity index (χ4v) is 0.876. The minimum Gasteiger partial charge on any atom is -1.00 e. The Morgan fingerprint density at radius 2 is 1.58 bits per heavy atom. The van der Waals surface area contributed by atoms with Crippen LogP contribution in [0.15, 0.2) is 12.3 Å². The molecule has 0 aliphatic heterocycles. The molecular formula is C7H14Cl2N2Pt. The Kier molecular flexibility index (Phi) is 18.3. The molecule has 3 N–H and O–H groups in total. The van der Waals surface area contributed by atoms with Gasteiger partial charge in [0.25, 0.3) is 0 Å². The van der Waals surface area contributed by atoms with E-state index in [2.05, 4.69) is 37.7 Å². The van der Waals surface area contributed by atoms with Crippen molar-refractivity contribution in [1.29, 1.82) is 0 Å². The zero-order valence-corrected chi connectivity index (χ0v) is 11.2. The summed E-state index contributed by atoms with van der Waals surface area (Å²) in [5.74, 6) is 0. The van der Waals surface area contributed by atoms with E-state index in [1.807, 2.05) is 0 Å². The second-order valence-corrected chi connectivity index (χ2v) is 2.27. The van der Waals surface area contributed by atoms with Crippen molar-refractivity contribution in [3.05, 3.63) is 23.5 Å². The van der Waals surface area contributed by atoms with Crippen LogP contribution in [0, 0.1) is 13.8 Å². The van der Waals surface area contributed by atoms with E-state index in [0.29, 0.717) is 0 Å². The number of rotatable bonds is 0. The van der Waals surface area contributed by atoms with E-state index >= 15 is 0 Å². The van der Waals surface area contributed by atoms with Crippen LogP contribution in [0.5, 0.6) is 0 Å². The molecule has 2 nitrogen and oxygen atoms in total. The van der Waals surface area contributed by atoms with Gasteiger partial charge < -0.3 is 35.5 Å². The molecule has 0 aliphatic rings. The molecule has 1 rings (SSSR count). The van der Waals surface area contributed by atoms with Crippen molar-refractivity contribution in [2.45, 2.75) is 13.8 Å². The summed E-state index contributed by atoms with van der Waals surface area (Å²) in [6.07, 6.45) is 2.12. The van der Waals surface area contributed by atoms with E-state index in [-0.39, 0.29) is 52.0 Å². The third kappa shape index (κ3) is 6.07. The van der Waals surface area contributed by atoms with Gasteiger partial charge in [-0.15, -0.1) is 0 Å². The summed E-state index contributed by atoms with van der Waals surface area (Å²) in [6, 6.07) is 2.17. The molecule has 0 radical (unpaired) electrons. The Bertz CT molecular complexity index is 182. The number of hydrogen-bond acceptors (Lipinski definition) is 1. The molecular weight excluding hydrogens is 378 g/mol. The molecule has 0 aromatic carbocycles. The van der Waals surface area contributed by atoms with Crippen LogP contribution in [0.4, 0.5) is 0 Å². The van der Waals surface area contributed by atoms with Crippen LogP contribution in [-0.4, -0.2) is 4.57 Å². The van der Waals surface area contributed by atoms with Crippen molar-refractivity contribution in [3.8, 4) is 0 Å². The van der Waals surface area contributed by atoms with Crippen molar-refractivity contribution in [3.63, 3.8) is 0 Å². The molecule has 1 aromatic rings. The van der Waals surface area contributed by atoms with E-state index < -0.39 is 0 Å². The second-order valence-electron chi connectivity index (χ2n) is 2.27. The molecule has 0 unspecified atom stereocenters. The summed E-state index contributed by atoms with van der Waals surface area (Å²) in [4.78, 5) is 0. The van der Waals surface area contributed by atoms with Crippen molar-refractivity contribution >= 4 is 0 Å². The number of aromatic nitrogens is 1. The summed E-state index contributed by atoms with van der Waals surface area (Å²) >= 11 is 0. The van der Waals surface area contributed by atoms with Crippen LogP contribution in [0.1, 0.15) is 11.3 Å².